The van der Waals surface area contributed by atoms with Crippen molar-refractivity contribution in [3.63, 3.8) is 0 Å². The summed E-state index contributed by atoms with van der Waals surface area (Å²) in [5.74, 6) is -0.354. The third-order valence-corrected chi connectivity index (χ3v) is 7.03. The van der Waals surface area contributed by atoms with Crippen molar-refractivity contribution in [2.24, 2.45) is 0 Å². The first-order valence-electron chi connectivity index (χ1n) is 7.86. The first kappa shape index (κ1) is 22.4. The van der Waals surface area contributed by atoms with E-state index in [4.69, 9.17) is 4.74 Å². The number of sulfonamides is 2. The van der Waals surface area contributed by atoms with Gasteiger partial charge in [-0.1, -0.05) is 13.8 Å². The number of ether oxygens (including phenoxy) is 1. The van der Waals surface area contributed by atoms with Gasteiger partial charge in [0.1, 0.15) is 5.75 Å². The van der Waals surface area contributed by atoms with Crippen LogP contribution < -0.4 is 10.1 Å². The van der Waals surface area contributed by atoms with E-state index < -0.39 is 32.5 Å². The highest BCUT2D eigenvalue weighted by molar-refractivity contribution is 7.89. The molecule has 0 aliphatic carbocycles. The highest BCUT2D eigenvalue weighted by Gasteiger charge is 2.23. The lowest BCUT2D eigenvalue weighted by Gasteiger charge is -2.20. The molecule has 0 fully saturated rings. The lowest BCUT2D eigenvalue weighted by atomic mass is 10.3. The van der Waals surface area contributed by atoms with E-state index in [0.29, 0.717) is 13.1 Å². The summed E-state index contributed by atoms with van der Waals surface area (Å²) in [7, 11) is -4.57. The molecule has 11 heteroatoms. The van der Waals surface area contributed by atoms with Gasteiger partial charge in [-0.2, -0.15) is 8.61 Å². The Kier molecular flexibility index (Phi) is 7.57. The van der Waals surface area contributed by atoms with Crippen molar-refractivity contribution >= 4 is 31.6 Å². The molecule has 0 saturated heterocycles. The van der Waals surface area contributed by atoms with Gasteiger partial charge in [-0.3, -0.25) is 4.79 Å². The second-order valence-corrected chi connectivity index (χ2v) is 9.55. The third kappa shape index (κ3) is 5.40. The topological polar surface area (TPSA) is 113 Å². The molecule has 0 radical (unpaired) electrons. The van der Waals surface area contributed by atoms with Crippen LogP contribution in [0.15, 0.2) is 23.1 Å². The lowest BCUT2D eigenvalue weighted by molar-refractivity contribution is -0.116. The molecule has 148 valence electrons. The van der Waals surface area contributed by atoms with E-state index in [1.54, 1.807) is 13.8 Å². The van der Waals surface area contributed by atoms with Gasteiger partial charge in [0.15, 0.2) is 0 Å². The Morgan fingerprint density at radius 2 is 1.73 bits per heavy atom. The Bertz CT molecular complexity index is 848. The molecule has 1 rings (SSSR count). The molecule has 0 aliphatic rings. The molecular formula is C15H25N3O6S2. The fourth-order valence-electron chi connectivity index (χ4n) is 2.17. The van der Waals surface area contributed by atoms with E-state index in [2.05, 4.69) is 5.32 Å². The van der Waals surface area contributed by atoms with Gasteiger partial charge in [0.25, 0.3) is 0 Å². The van der Waals surface area contributed by atoms with E-state index >= 15 is 0 Å². The van der Waals surface area contributed by atoms with Crippen LogP contribution in [0.2, 0.25) is 0 Å². The second-order valence-electron chi connectivity index (χ2n) is 5.52. The van der Waals surface area contributed by atoms with Crippen molar-refractivity contribution in [1.82, 2.24) is 8.61 Å². The number of rotatable bonds is 9. The standard InChI is InChI=1S/C15H25N3O6S2/c1-6-18(7-2)26(22,23)12-8-9-14(24-4)13(10-12)16-15(19)11-17(3)25(5,20)21/h8-10H,6-7,11H2,1-5H3,(H,16,19). The molecule has 0 saturated carbocycles. The number of amides is 1. The largest absolute Gasteiger partial charge is 0.495 e. The van der Waals surface area contributed by atoms with E-state index in [1.165, 1.54) is 36.7 Å². The number of hydrogen-bond acceptors (Lipinski definition) is 6. The maximum Gasteiger partial charge on any atom is 0.243 e. The van der Waals surface area contributed by atoms with Crippen LogP contribution in [0.3, 0.4) is 0 Å². The zero-order valence-electron chi connectivity index (χ0n) is 15.5. The van der Waals surface area contributed by atoms with Crippen LogP contribution in [-0.4, -0.2) is 71.4 Å². The van der Waals surface area contributed by atoms with Crippen LogP contribution in [0, 0.1) is 0 Å². The summed E-state index contributed by atoms with van der Waals surface area (Å²) in [6.45, 7) is 3.68. The highest BCUT2D eigenvalue weighted by Crippen LogP contribution is 2.29. The van der Waals surface area contributed by atoms with Crippen LogP contribution in [0.25, 0.3) is 0 Å². The third-order valence-electron chi connectivity index (χ3n) is 3.72. The van der Waals surface area contributed by atoms with Gasteiger partial charge >= 0.3 is 0 Å². The molecule has 0 atom stereocenters. The van der Waals surface area contributed by atoms with E-state index in [1.807, 2.05) is 0 Å². The van der Waals surface area contributed by atoms with Crippen LogP contribution in [0.4, 0.5) is 5.69 Å². The Hall–Kier alpha value is -1.69. The molecule has 0 bridgehead atoms. The summed E-state index contributed by atoms with van der Waals surface area (Å²) in [5, 5.41) is 2.50. The van der Waals surface area contributed by atoms with Crippen LogP contribution in [0.5, 0.6) is 5.75 Å². The molecule has 1 aromatic carbocycles. The molecule has 0 aliphatic heterocycles. The second kappa shape index (κ2) is 8.80. The monoisotopic (exact) mass is 407 g/mol. The maximum absolute atomic E-state index is 12.6. The fourth-order valence-corrected chi connectivity index (χ4v) is 4.00. The van der Waals surface area contributed by atoms with Crippen LogP contribution >= 0.6 is 0 Å². The van der Waals surface area contributed by atoms with Gasteiger partial charge in [0.05, 0.1) is 30.5 Å². The van der Waals surface area contributed by atoms with Gasteiger partial charge in [0.2, 0.25) is 26.0 Å². The van der Waals surface area contributed by atoms with Crippen LogP contribution in [0.1, 0.15) is 13.8 Å². The molecule has 26 heavy (non-hydrogen) atoms. The summed E-state index contributed by atoms with van der Waals surface area (Å²) in [6, 6.07) is 4.13. The average molecular weight is 408 g/mol. The number of nitrogens with zero attached hydrogens (tertiary/aromatic N) is 2. The molecule has 1 aromatic rings. The van der Waals surface area contributed by atoms with E-state index in [-0.39, 0.29) is 16.3 Å². The summed E-state index contributed by atoms with van der Waals surface area (Å²) in [6.07, 6.45) is 0.984. The van der Waals surface area contributed by atoms with Crippen molar-refractivity contribution < 1.29 is 26.4 Å². The molecule has 1 amide bonds. The van der Waals surface area contributed by atoms with E-state index in [0.717, 1.165) is 10.6 Å². The van der Waals surface area contributed by atoms with Crippen molar-refractivity contribution in [3.8, 4) is 5.75 Å². The highest BCUT2D eigenvalue weighted by atomic mass is 32.2. The first-order chi connectivity index (χ1) is 12.0. The first-order valence-corrected chi connectivity index (χ1v) is 11.2. The van der Waals surface area contributed by atoms with Gasteiger partial charge in [-0.25, -0.2) is 16.8 Å². The predicted molar refractivity (Wildman–Crippen MR) is 99.2 cm³/mol. The average Bonchev–Trinajstić information content (AvgIpc) is 2.54. The van der Waals surface area contributed by atoms with E-state index in [9.17, 15) is 21.6 Å². The summed E-state index contributed by atoms with van der Waals surface area (Å²) >= 11 is 0. The molecule has 0 heterocycles. The Balaban J connectivity index is 3.17. The molecule has 0 aromatic heterocycles. The normalized spacial score (nSPS) is 12.4. The number of benzene rings is 1. The SMILES string of the molecule is CCN(CC)S(=O)(=O)c1ccc(OC)c(NC(=O)CN(C)S(C)(=O)=O)c1. The Morgan fingerprint density at radius 1 is 1.15 bits per heavy atom. The van der Waals surface area contributed by atoms with Crippen molar-refractivity contribution in [2.45, 2.75) is 18.7 Å². The van der Waals surface area contributed by atoms with Gasteiger partial charge in [0, 0.05) is 20.1 Å². The molecule has 1 N–H and O–H groups in total. The van der Waals surface area contributed by atoms with Gasteiger partial charge < -0.3 is 10.1 Å². The summed E-state index contributed by atoms with van der Waals surface area (Å²) < 4.78 is 55.4. The quantitative estimate of drug-likeness (QED) is 0.640. The zero-order chi connectivity index (χ0) is 20.1. The minimum absolute atomic E-state index is 0.00812. The fraction of sp³-hybridized carbons (Fsp3) is 0.533. The van der Waals surface area contributed by atoms with Gasteiger partial charge in [-0.05, 0) is 18.2 Å². The number of hydrogen-bond donors (Lipinski definition) is 1. The predicted octanol–water partition coefficient (Wildman–Crippen LogP) is 0.556. The van der Waals surface area contributed by atoms with Crippen molar-refractivity contribution in [3.05, 3.63) is 18.2 Å². The minimum atomic E-state index is -3.71. The number of anilines is 1. The molecule has 9 nitrogen and oxygen atoms in total. The van der Waals surface area contributed by atoms with Crippen molar-refractivity contribution in [1.29, 1.82) is 0 Å². The Labute approximate surface area is 155 Å². The number of likely N-dealkylation sites (N-methyl/N-ethyl adjacent to an activating group) is 1. The summed E-state index contributed by atoms with van der Waals surface area (Å²) in [4.78, 5) is 12.1. The summed E-state index contributed by atoms with van der Waals surface area (Å²) in [5.41, 5.74) is 0.146. The zero-order valence-corrected chi connectivity index (χ0v) is 17.1. The smallest absolute Gasteiger partial charge is 0.243 e. The number of methoxy groups -OCH3 is 1. The Morgan fingerprint density at radius 3 is 2.19 bits per heavy atom. The number of nitrogens with one attached hydrogen (secondary N) is 1. The number of carbonyl (C=O) groups excluding carboxylic acids is 1. The number of carbonyl (C=O) groups is 1. The van der Waals surface area contributed by atoms with Gasteiger partial charge in [-0.15, -0.1) is 0 Å². The molecule has 0 spiro atoms. The van der Waals surface area contributed by atoms with Crippen molar-refractivity contribution in [2.75, 3.05) is 45.4 Å². The minimum Gasteiger partial charge on any atom is -0.495 e. The van der Waals surface area contributed by atoms with Crippen LogP contribution in [-0.2, 0) is 24.8 Å². The molecule has 0 unspecified atom stereocenters. The lowest BCUT2D eigenvalue weighted by Crippen LogP contribution is -2.34. The molecular weight excluding hydrogens is 382 g/mol. The maximum atomic E-state index is 12.6.